The summed E-state index contributed by atoms with van der Waals surface area (Å²) in [7, 11) is 0. The van der Waals surface area contributed by atoms with Gasteiger partial charge in [0.15, 0.2) is 0 Å². The maximum atomic E-state index is 11.2. The first-order chi connectivity index (χ1) is 9.25. The molecule has 0 spiro atoms. The molecular weight excluding hydrogens is 238 g/mol. The topological polar surface area (TPSA) is 68.9 Å². The van der Waals surface area contributed by atoms with Gasteiger partial charge in [-0.25, -0.2) is 4.98 Å². The lowest BCUT2D eigenvalue weighted by Crippen LogP contribution is -2.12. The number of rotatable bonds is 2. The molecule has 1 aromatic carbocycles. The second-order valence-corrected chi connectivity index (χ2v) is 4.19. The Bertz CT molecular complexity index is 754. The van der Waals surface area contributed by atoms with E-state index in [1.807, 2.05) is 36.4 Å². The molecule has 2 N–H and O–H groups in total. The van der Waals surface area contributed by atoms with Crippen molar-refractivity contribution in [2.75, 3.05) is 0 Å². The first-order valence-corrected chi connectivity index (χ1v) is 5.86. The van der Waals surface area contributed by atoms with Crippen molar-refractivity contribution in [1.82, 2.24) is 9.97 Å². The molecule has 0 saturated carbocycles. The van der Waals surface area contributed by atoms with Crippen LogP contribution in [0.2, 0.25) is 0 Å². The number of nitrogens with zero attached hydrogens (tertiary/aromatic N) is 2. The van der Waals surface area contributed by atoms with Gasteiger partial charge in [0, 0.05) is 23.3 Å². The summed E-state index contributed by atoms with van der Waals surface area (Å²) in [4.78, 5) is 19.8. The summed E-state index contributed by atoms with van der Waals surface area (Å²) in [5.74, 6) is -0.530. The molecule has 4 heteroatoms. The van der Waals surface area contributed by atoms with Crippen molar-refractivity contribution in [2.24, 2.45) is 5.73 Å². The highest BCUT2D eigenvalue weighted by atomic mass is 16.1. The van der Waals surface area contributed by atoms with E-state index in [4.69, 9.17) is 5.73 Å². The number of primary amides is 1. The number of amides is 1. The minimum absolute atomic E-state index is 0.260. The van der Waals surface area contributed by atoms with Crippen molar-refractivity contribution >= 4 is 16.8 Å². The van der Waals surface area contributed by atoms with Crippen LogP contribution in [0.15, 0.2) is 54.9 Å². The first-order valence-electron chi connectivity index (χ1n) is 5.86. The van der Waals surface area contributed by atoms with E-state index in [1.54, 1.807) is 18.5 Å². The van der Waals surface area contributed by atoms with Crippen molar-refractivity contribution in [1.29, 1.82) is 0 Å². The largest absolute Gasteiger partial charge is 0.364 e. The molecule has 2 aromatic heterocycles. The van der Waals surface area contributed by atoms with E-state index in [-0.39, 0.29) is 5.69 Å². The molecular formula is C15H11N3O. The fourth-order valence-electron chi connectivity index (χ4n) is 2.01. The Kier molecular flexibility index (Phi) is 2.68. The molecule has 0 aliphatic carbocycles. The van der Waals surface area contributed by atoms with Crippen LogP contribution in [0.1, 0.15) is 10.5 Å². The van der Waals surface area contributed by atoms with Gasteiger partial charge in [0.1, 0.15) is 5.69 Å². The van der Waals surface area contributed by atoms with Crippen LogP contribution < -0.4 is 5.73 Å². The second-order valence-electron chi connectivity index (χ2n) is 4.19. The normalized spacial score (nSPS) is 10.5. The Morgan fingerprint density at radius 1 is 1.00 bits per heavy atom. The number of hydrogen-bond donors (Lipinski definition) is 1. The number of carbonyl (C=O) groups is 1. The molecule has 3 rings (SSSR count). The molecule has 0 aliphatic rings. The number of fused-ring (bicyclic) bond motifs is 1. The van der Waals surface area contributed by atoms with Gasteiger partial charge in [-0.2, -0.15) is 0 Å². The van der Waals surface area contributed by atoms with Gasteiger partial charge in [-0.05, 0) is 17.7 Å². The quantitative estimate of drug-likeness (QED) is 0.758. The third kappa shape index (κ3) is 2.04. The van der Waals surface area contributed by atoms with Gasteiger partial charge in [0.25, 0.3) is 5.91 Å². The highest BCUT2D eigenvalue weighted by molar-refractivity contribution is 5.97. The lowest BCUT2D eigenvalue weighted by atomic mass is 10.0. The van der Waals surface area contributed by atoms with Crippen molar-refractivity contribution in [3.05, 3.63) is 60.6 Å². The Morgan fingerprint density at radius 2 is 1.79 bits per heavy atom. The Labute approximate surface area is 109 Å². The zero-order chi connectivity index (χ0) is 13.2. The average Bonchev–Trinajstić information content (AvgIpc) is 2.47. The van der Waals surface area contributed by atoms with Crippen LogP contribution in [-0.2, 0) is 0 Å². The number of aromatic nitrogens is 2. The summed E-state index contributed by atoms with van der Waals surface area (Å²) in [6, 6.07) is 13.2. The van der Waals surface area contributed by atoms with E-state index in [9.17, 15) is 4.79 Å². The number of pyridine rings is 2. The van der Waals surface area contributed by atoms with Gasteiger partial charge in [0.2, 0.25) is 0 Å². The maximum Gasteiger partial charge on any atom is 0.267 e. The highest BCUT2D eigenvalue weighted by Crippen LogP contribution is 2.26. The van der Waals surface area contributed by atoms with E-state index >= 15 is 0 Å². The summed E-state index contributed by atoms with van der Waals surface area (Å²) >= 11 is 0. The lowest BCUT2D eigenvalue weighted by molar-refractivity contribution is 0.0996. The molecule has 3 aromatic rings. The monoisotopic (exact) mass is 249 g/mol. The van der Waals surface area contributed by atoms with E-state index in [0.29, 0.717) is 0 Å². The summed E-state index contributed by atoms with van der Waals surface area (Å²) in [5, 5.41) is 0.881. The molecule has 0 radical (unpaired) electrons. The zero-order valence-corrected chi connectivity index (χ0v) is 10.1. The first kappa shape index (κ1) is 11.3. The average molecular weight is 249 g/mol. The minimum atomic E-state index is -0.530. The van der Waals surface area contributed by atoms with Gasteiger partial charge in [0.05, 0.1) is 5.52 Å². The molecule has 19 heavy (non-hydrogen) atoms. The molecule has 0 fully saturated rings. The highest BCUT2D eigenvalue weighted by Gasteiger charge is 2.08. The third-order valence-corrected chi connectivity index (χ3v) is 2.94. The summed E-state index contributed by atoms with van der Waals surface area (Å²) in [5.41, 5.74) is 8.17. The van der Waals surface area contributed by atoms with Crippen molar-refractivity contribution in [3.63, 3.8) is 0 Å². The Hall–Kier alpha value is -2.75. The number of nitrogens with two attached hydrogens (primary N) is 1. The predicted molar refractivity (Wildman–Crippen MR) is 73.5 cm³/mol. The molecule has 0 aliphatic heterocycles. The van der Waals surface area contributed by atoms with Gasteiger partial charge in [-0.1, -0.05) is 30.3 Å². The van der Waals surface area contributed by atoms with E-state index in [1.165, 1.54) is 0 Å². The standard InChI is InChI=1S/C15H11N3O/c16-15(19)13-7-6-11-8-17-9-12(14(11)18-13)10-4-2-1-3-5-10/h1-9H,(H2,16,19). The number of carbonyl (C=O) groups excluding carboxylic acids is 1. The van der Waals surface area contributed by atoms with Crippen LogP contribution in [0.4, 0.5) is 0 Å². The van der Waals surface area contributed by atoms with E-state index in [0.717, 1.165) is 22.0 Å². The van der Waals surface area contributed by atoms with Crippen LogP contribution in [-0.4, -0.2) is 15.9 Å². The Morgan fingerprint density at radius 3 is 2.53 bits per heavy atom. The molecule has 2 heterocycles. The number of hydrogen-bond acceptors (Lipinski definition) is 3. The fraction of sp³-hybridized carbons (Fsp3) is 0. The third-order valence-electron chi connectivity index (χ3n) is 2.94. The minimum Gasteiger partial charge on any atom is -0.364 e. The summed E-state index contributed by atoms with van der Waals surface area (Å²) in [6.45, 7) is 0. The molecule has 4 nitrogen and oxygen atoms in total. The van der Waals surface area contributed by atoms with Gasteiger partial charge in [-0.15, -0.1) is 0 Å². The molecule has 0 saturated heterocycles. The van der Waals surface area contributed by atoms with Gasteiger partial charge in [-0.3, -0.25) is 9.78 Å². The SMILES string of the molecule is NC(=O)c1ccc2cncc(-c3ccccc3)c2n1. The second kappa shape index (κ2) is 4.49. The number of benzene rings is 1. The molecule has 0 unspecified atom stereocenters. The smallest absolute Gasteiger partial charge is 0.267 e. The molecule has 0 atom stereocenters. The molecule has 1 amide bonds. The van der Waals surface area contributed by atoms with Crippen LogP contribution in [0.3, 0.4) is 0 Å². The van der Waals surface area contributed by atoms with Crippen LogP contribution in [0.25, 0.3) is 22.0 Å². The van der Waals surface area contributed by atoms with Crippen molar-refractivity contribution in [2.45, 2.75) is 0 Å². The maximum absolute atomic E-state index is 11.2. The zero-order valence-electron chi connectivity index (χ0n) is 10.1. The van der Waals surface area contributed by atoms with Crippen LogP contribution in [0, 0.1) is 0 Å². The lowest BCUT2D eigenvalue weighted by Gasteiger charge is -2.06. The molecule has 0 bridgehead atoms. The summed E-state index contributed by atoms with van der Waals surface area (Å²) < 4.78 is 0. The van der Waals surface area contributed by atoms with Crippen molar-refractivity contribution in [3.8, 4) is 11.1 Å². The Balaban J connectivity index is 2.30. The fourth-order valence-corrected chi connectivity index (χ4v) is 2.01. The van der Waals surface area contributed by atoms with Crippen LogP contribution >= 0.6 is 0 Å². The molecule has 92 valence electrons. The van der Waals surface area contributed by atoms with Gasteiger partial charge >= 0.3 is 0 Å². The predicted octanol–water partition coefficient (Wildman–Crippen LogP) is 2.40. The van der Waals surface area contributed by atoms with E-state index < -0.39 is 5.91 Å². The summed E-state index contributed by atoms with van der Waals surface area (Å²) in [6.07, 6.45) is 3.47. The van der Waals surface area contributed by atoms with Crippen LogP contribution in [0.5, 0.6) is 0 Å². The van der Waals surface area contributed by atoms with Crippen molar-refractivity contribution < 1.29 is 4.79 Å². The van der Waals surface area contributed by atoms with E-state index in [2.05, 4.69) is 9.97 Å². The van der Waals surface area contributed by atoms with Gasteiger partial charge < -0.3 is 5.73 Å².